The molecule has 0 spiro atoms. The maximum atomic E-state index is 11.1. The van der Waals surface area contributed by atoms with Gasteiger partial charge in [0.2, 0.25) is 0 Å². The summed E-state index contributed by atoms with van der Waals surface area (Å²) < 4.78 is 5.12. The number of hydrogen-bond donors (Lipinski definition) is 2. The van der Waals surface area contributed by atoms with Crippen LogP contribution in [-0.4, -0.2) is 13.1 Å². The van der Waals surface area contributed by atoms with Crippen molar-refractivity contribution < 1.29 is 9.53 Å². The molecule has 5 heteroatoms. The average Bonchev–Trinajstić information content (AvgIpc) is 2.12. The Morgan fingerprint density at radius 3 is 2.54 bits per heavy atom. The lowest BCUT2D eigenvalue weighted by Gasteiger charge is -2.05. The molecule has 0 aliphatic heterocycles. The highest BCUT2D eigenvalue weighted by Crippen LogP contribution is 2.27. The van der Waals surface area contributed by atoms with E-state index in [1.54, 1.807) is 6.07 Å². The minimum absolute atomic E-state index is 0.356. The number of ether oxygens (including phenoxy) is 1. The van der Waals surface area contributed by atoms with Crippen LogP contribution >= 0.6 is 15.9 Å². The standard InChI is InChI=1S/C8H9BrN2O2/c1-13-8(12)4-2-5(9)7(11)6(10)3-4/h2-3H,10-11H2,1H3. The summed E-state index contributed by atoms with van der Waals surface area (Å²) in [5, 5.41) is 0. The van der Waals surface area contributed by atoms with Gasteiger partial charge in [-0.2, -0.15) is 0 Å². The number of nitrogens with two attached hydrogens (primary N) is 2. The fourth-order valence-electron chi connectivity index (χ4n) is 0.875. The number of anilines is 2. The monoisotopic (exact) mass is 244 g/mol. The van der Waals surface area contributed by atoms with Gasteiger partial charge in [0.25, 0.3) is 0 Å². The van der Waals surface area contributed by atoms with Crippen LogP contribution in [0, 0.1) is 0 Å². The molecule has 0 aromatic heterocycles. The van der Waals surface area contributed by atoms with Gasteiger partial charge < -0.3 is 16.2 Å². The predicted molar refractivity (Wildman–Crippen MR) is 54.3 cm³/mol. The van der Waals surface area contributed by atoms with Crippen LogP contribution in [0.15, 0.2) is 16.6 Å². The number of halogens is 1. The highest BCUT2D eigenvalue weighted by atomic mass is 79.9. The topological polar surface area (TPSA) is 78.3 Å². The molecule has 1 rings (SSSR count). The van der Waals surface area contributed by atoms with Crippen molar-refractivity contribution in [3.8, 4) is 0 Å². The van der Waals surface area contributed by atoms with Gasteiger partial charge in [-0.1, -0.05) is 0 Å². The zero-order valence-electron chi connectivity index (χ0n) is 7.00. The van der Waals surface area contributed by atoms with Crippen LogP contribution in [0.1, 0.15) is 10.4 Å². The third-order valence-corrected chi connectivity index (χ3v) is 2.24. The molecule has 0 heterocycles. The molecule has 0 amide bonds. The summed E-state index contributed by atoms with van der Waals surface area (Å²) in [7, 11) is 1.31. The normalized spacial score (nSPS) is 9.69. The maximum Gasteiger partial charge on any atom is 0.337 e. The van der Waals surface area contributed by atoms with Crippen molar-refractivity contribution in [3.63, 3.8) is 0 Å². The average molecular weight is 245 g/mol. The van der Waals surface area contributed by atoms with Crippen molar-refractivity contribution >= 4 is 33.3 Å². The first-order valence-corrected chi connectivity index (χ1v) is 4.28. The van der Waals surface area contributed by atoms with Gasteiger partial charge in [0, 0.05) is 4.47 Å². The second-order valence-electron chi connectivity index (χ2n) is 2.45. The number of rotatable bonds is 1. The van der Waals surface area contributed by atoms with Crippen molar-refractivity contribution in [1.82, 2.24) is 0 Å². The van der Waals surface area contributed by atoms with Gasteiger partial charge in [0.1, 0.15) is 0 Å². The van der Waals surface area contributed by atoms with E-state index in [9.17, 15) is 4.79 Å². The minimum Gasteiger partial charge on any atom is -0.465 e. The van der Waals surface area contributed by atoms with E-state index in [0.29, 0.717) is 21.4 Å². The Morgan fingerprint density at radius 2 is 2.08 bits per heavy atom. The lowest BCUT2D eigenvalue weighted by atomic mass is 10.2. The Labute approximate surface area is 84.0 Å². The smallest absolute Gasteiger partial charge is 0.337 e. The number of carbonyl (C=O) groups is 1. The summed E-state index contributed by atoms with van der Waals surface area (Å²) >= 11 is 3.18. The van der Waals surface area contributed by atoms with Gasteiger partial charge >= 0.3 is 5.97 Å². The molecular weight excluding hydrogens is 236 g/mol. The van der Waals surface area contributed by atoms with Gasteiger partial charge in [0.15, 0.2) is 0 Å². The molecule has 0 saturated heterocycles. The summed E-state index contributed by atoms with van der Waals surface area (Å²) in [6.07, 6.45) is 0. The Balaban J connectivity index is 3.20. The third-order valence-electron chi connectivity index (χ3n) is 1.58. The molecular formula is C8H9BrN2O2. The van der Waals surface area contributed by atoms with E-state index in [1.807, 2.05) is 0 Å². The second kappa shape index (κ2) is 3.66. The highest BCUT2D eigenvalue weighted by molar-refractivity contribution is 9.10. The molecule has 0 fully saturated rings. The zero-order valence-corrected chi connectivity index (χ0v) is 8.59. The molecule has 0 aliphatic carbocycles. The number of methoxy groups -OCH3 is 1. The van der Waals surface area contributed by atoms with Crippen LogP contribution in [-0.2, 0) is 4.74 Å². The molecule has 0 bridgehead atoms. The Bertz CT molecular complexity index is 329. The second-order valence-corrected chi connectivity index (χ2v) is 3.31. The molecule has 0 saturated carbocycles. The molecule has 70 valence electrons. The minimum atomic E-state index is -0.438. The van der Waals surface area contributed by atoms with Crippen LogP contribution in [0.5, 0.6) is 0 Å². The molecule has 0 unspecified atom stereocenters. The van der Waals surface area contributed by atoms with E-state index in [1.165, 1.54) is 13.2 Å². The Morgan fingerprint density at radius 1 is 1.46 bits per heavy atom. The maximum absolute atomic E-state index is 11.1. The van der Waals surface area contributed by atoms with E-state index >= 15 is 0 Å². The van der Waals surface area contributed by atoms with Crippen molar-refractivity contribution in [3.05, 3.63) is 22.2 Å². The summed E-state index contributed by atoms with van der Waals surface area (Å²) in [5.41, 5.74) is 12.3. The highest BCUT2D eigenvalue weighted by Gasteiger charge is 2.09. The first-order chi connectivity index (χ1) is 6.06. The van der Waals surface area contributed by atoms with Gasteiger partial charge in [-0.3, -0.25) is 0 Å². The van der Waals surface area contributed by atoms with E-state index in [2.05, 4.69) is 20.7 Å². The first kappa shape index (κ1) is 9.85. The van der Waals surface area contributed by atoms with Crippen LogP contribution in [0.3, 0.4) is 0 Å². The Kier molecular flexibility index (Phi) is 2.77. The van der Waals surface area contributed by atoms with Crippen molar-refractivity contribution in [2.24, 2.45) is 0 Å². The van der Waals surface area contributed by atoms with E-state index in [-0.39, 0.29) is 0 Å². The number of esters is 1. The summed E-state index contributed by atoms with van der Waals surface area (Å²) in [6, 6.07) is 3.05. The quantitative estimate of drug-likeness (QED) is 0.579. The largest absolute Gasteiger partial charge is 0.465 e. The summed E-state index contributed by atoms with van der Waals surface area (Å²) in [6.45, 7) is 0. The lowest BCUT2D eigenvalue weighted by molar-refractivity contribution is 0.0601. The van der Waals surface area contributed by atoms with E-state index < -0.39 is 5.97 Å². The first-order valence-electron chi connectivity index (χ1n) is 3.49. The van der Waals surface area contributed by atoms with E-state index in [4.69, 9.17) is 11.5 Å². The molecule has 13 heavy (non-hydrogen) atoms. The molecule has 1 aromatic carbocycles. The zero-order chi connectivity index (χ0) is 10.0. The number of benzene rings is 1. The lowest BCUT2D eigenvalue weighted by Crippen LogP contribution is -2.04. The van der Waals surface area contributed by atoms with Crippen molar-refractivity contribution in [1.29, 1.82) is 0 Å². The van der Waals surface area contributed by atoms with Gasteiger partial charge in [-0.15, -0.1) is 0 Å². The molecule has 0 radical (unpaired) electrons. The fraction of sp³-hybridized carbons (Fsp3) is 0.125. The number of carbonyl (C=O) groups excluding carboxylic acids is 1. The molecule has 4 N–H and O–H groups in total. The molecule has 0 aliphatic rings. The van der Waals surface area contributed by atoms with Gasteiger partial charge in [0.05, 0.1) is 24.0 Å². The molecule has 0 atom stereocenters. The number of nitrogen functional groups attached to an aromatic ring is 2. The van der Waals surface area contributed by atoms with Gasteiger partial charge in [-0.05, 0) is 28.1 Å². The van der Waals surface area contributed by atoms with Crippen LogP contribution in [0.4, 0.5) is 11.4 Å². The van der Waals surface area contributed by atoms with Crippen LogP contribution < -0.4 is 11.5 Å². The fourth-order valence-corrected chi connectivity index (χ4v) is 1.35. The predicted octanol–water partition coefficient (Wildman–Crippen LogP) is 1.40. The van der Waals surface area contributed by atoms with Crippen molar-refractivity contribution in [2.45, 2.75) is 0 Å². The Hall–Kier alpha value is -1.23. The number of hydrogen-bond acceptors (Lipinski definition) is 4. The van der Waals surface area contributed by atoms with Gasteiger partial charge in [-0.25, -0.2) is 4.79 Å². The molecule has 1 aromatic rings. The molecule has 4 nitrogen and oxygen atoms in total. The third kappa shape index (κ3) is 1.92. The summed E-state index contributed by atoms with van der Waals surface area (Å²) in [4.78, 5) is 11.1. The van der Waals surface area contributed by atoms with Crippen LogP contribution in [0.25, 0.3) is 0 Å². The van der Waals surface area contributed by atoms with Crippen molar-refractivity contribution in [2.75, 3.05) is 18.6 Å². The summed E-state index contributed by atoms with van der Waals surface area (Å²) in [5.74, 6) is -0.438. The van der Waals surface area contributed by atoms with Crippen LogP contribution in [0.2, 0.25) is 0 Å². The SMILES string of the molecule is COC(=O)c1cc(N)c(N)c(Br)c1. The van der Waals surface area contributed by atoms with E-state index in [0.717, 1.165) is 0 Å².